The summed E-state index contributed by atoms with van der Waals surface area (Å²) in [6.45, 7) is 0.392. The van der Waals surface area contributed by atoms with Crippen LogP contribution in [0.25, 0.3) is 0 Å². The van der Waals surface area contributed by atoms with Gasteiger partial charge in [-0.15, -0.1) is 0 Å². The molecule has 0 aliphatic carbocycles. The first-order chi connectivity index (χ1) is 9.89. The molecular formula is C13H17BrN2O4S. The van der Waals surface area contributed by atoms with Gasteiger partial charge in [-0.25, -0.2) is 8.42 Å². The Kier molecular flexibility index (Phi) is 5.23. The number of carbonyl (C=O) groups excluding carboxylic acids is 1. The number of hydrogen-bond acceptors (Lipinski definition) is 5. The lowest BCUT2D eigenvalue weighted by atomic mass is 10.2. The Balaban J connectivity index is 1.99. The Bertz CT molecular complexity index is 633. The van der Waals surface area contributed by atoms with Crippen LogP contribution in [0.4, 0.5) is 5.69 Å². The van der Waals surface area contributed by atoms with Crippen LogP contribution >= 0.6 is 15.9 Å². The van der Waals surface area contributed by atoms with Gasteiger partial charge in [0, 0.05) is 29.5 Å². The molecule has 1 unspecified atom stereocenters. The summed E-state index contributed by atoms with van der Waals surface area (Å²) >= 11 is 3.35. The topological polar surface area (TPSA) is 84.5 Å². The predicted molar refractivity (Wildman–Crippen MR) is 84.4 cm³/mol. The third-order valence-electron chi connectivity index (χ3n) is 3.18. The molecule has 6 nitrogen and oxygen atoms in total. The summed E-state index contributed by atoms with van der Waals surface area (Å²) in [6, 6.07) is 4.91. The average molecular weight is 377 g/mol. The summed E-state index contributed by atoms with van der Waals surface area (Å²) < 4.78 is 28.9. The Morgan fingerprint density at radius 3 is 2.95 bits per heavy atom. The number of carbonyl (C=O) groups is 1. The second-order valence-electron chi connectivity index (χ2n) is 4.86. The summed E-state index contributed by atoms with van der Waals surface area (Å²) in [5, 5.41) is 5.81. The van der Waals surface area contributed by atoms with Crippen LogP contribution in [-0.4, -0.2) is 45.5 Å². The minimum absolute atomic E-state index is 0.000297. The number of nitrogens with one attached hydrogen (secondary N) is 2. The number of rotatable bonds is 4. The molecule has 0 radical (unpaired) electrons. The standard InChI is InChI=1S/C13H17BrN2O4S/c1-20-10-2-3-11(14)12(7-10)16-13(17)6-9-8-21(18,19)5-4-15-9/h2-3,7,9,15H,4-6,8H2,1H3,(H,16,17). The zero-order valence-corrected chi connectivity index (χ0v) is 14.0. The fourth-order valence-corrected chi connectivity index (χ4v) is 3.94. The first-order valence-electron chi connectivity index (χ1n) is 6.47. The molecule has 2 rings (SSSR count). The van der Waals surface area contributed by atoms with E-state index in [0.717, 1.165) is 4.47 Å². The zero-order chi connectivity index (χ0) is 15.5. The minimum atomic E-state index is -3.04. The molecule has 1 aromatic carbocycles. The van der Waals surface area contributed by atoms with E-state index >= 15 is 0 Å². The van der Waals surface area contributed by atoms with Crippen molar-refractivity contribution in [3.05, 3.63) is 22.7 Å². The van der Waals surface area contributed by atoms with Crippen molar-refractivity contribution in [1.82, 2.24) is 5.32 Å². The number of sulfone groups is 1. The highest BCUT2D eigenvalue weighted by molar-refractivity contribution is 9.10. The highest BCUT2D eigenvalue weighted by Crippen LogP contribution is 2.27. The molecule has 0 aromatic heterocycles. The molecular weight excluding hydrogens is 360 g/mol. The van der Waals surface area contributed by atoms with Crippen LogP contribution in [-0.2, 0) is 14.6 Å². The Morgan fingerprint density at radius 2 is 2.29 bits per heavy atom. The monoisotopic (exact) mass is 376 g/mol. The van der Waals surface area contributed by atoms with Crippen LogP contribution in [0.3, 0.4) is 0 Å². The minimum Gasteiger partial charge on any atom is -0.497 e. The third-order valence-corrected chi connectivity index (χ3v) is 5.61. The summed E-state index contributed by atoms with van der Waals surface area (Å²) in [6.07, 6.45) is 0.114. The van der Waals surface area contributed by atoms with Crippen molar-refractivity contribution in [1.29, 1.82) is 0 Å². The van der Waals surface area contributed by atoms with E-state index in [1.165, 1.54) is 0 Å². The maximum atomic E-state index is 12.0. The largest absolute Gasteiger partial charge is 0.497 e. The van der Waals surface area contributed by atoms with Crippen molar-refractivity contribution in [2.45, 2.75) is 12.5 Å². The maximum Gasteiger partial charge on any atom is 0.226 e. The lowest BCUT2D eigenvalue weighted by Gasteiger charge is -2.23. The number of halogens is 1. The van der Waals surface area contributed by atoms with Crippen LogP contribution in [0.1, 0.15) is 6.42 Å². The van der Waals surface area contributed by atoms with E-state index in [9.17, 15) is 13.2 Å². The number of anilines is 1. The van der Waals surface area contributed by atoms with Crippen LogP contribution in [0, 0.1) is 0 Å². The molecule has 1 aliphatic rings. The Hall–Kier alpha value is -1.12. The van der Waals surface area contributed by atoms with Gasteiger partial charge in [-0.1, -0.05) is 0 Å². The predicted octanol–water partition coefficient (Wildman–Crippen LogP) is 1.17. The van der Waals surface area contributed by atoms with Gasteiger partial charge in [0.25, 0.3) is 0 Å². The van der Waals surface area contributed by atoms with Gasteiger partial charge in [-0.05, 0) is 28.1 Å². The number of ether oxygens (including phenoxy) is 1. The number of benzene rings is 1. The van der Waals surface area contributed by atoms with E-state index < -0.39 is 9.84 Å². The van der Waals surface area contributed by atoms with Gasteiger partial charge in [-0.3, -0.25) is 4.79 Å². The number of hydrogen-bond donors (Lipinski definition) is 2. The average Bonchev–Trinajstić information content (AvgIpc) is 2.40. The second-order valence-corrected chi connectivity index (χ2v) is 7.95. The van der Waals surface area contributed by atoms with Gasteiger partial charge in [0.05, 0.1) is 24.3 Å². The van der Waals surface area contributed by atoms with Gasteiger partial charge in [0.1, 0.15) is 5.75 Å². The second kappa shape index (κ2) is 6.76. The highest BCUT2D eigenvalue weighted by atomic mass is 79.9. The molecule has 0 spiro atoms. The Labute approximate surface area is 132 Å². The van der Waals surface area contributed by atoms with Gasteiger partial charge >= 0.3 is 0 Å². The zero-order valence-electron chi connectivity index (χ0n) is 11.6. The van der Waals surface area contributed by atoms with Crippen molar-refractivity contribution >= 4 is 37.4 Å². The normalized spacial score (nSPS) is 20.8. The van der Waals surface area contributed by atoms with Crippen molar-refractivity contribution < 1.29 is 17.9 Å². The van der Waals surface area contributed by atoms with Gasteiger partial charge in [0.15, 0.2) is 9.84 Å². The van der Waals surface area contributed by atoms with E-state index in [1.54, 1.807) is 25.3 Å². The van der Waals surface area contributed by atoms with Crippen LogP contribution < -0.4 is 15.4 Å². The number of amides is 1. The maximum absolute atomic E-state index is 12.0. The van der Waals surface area contributed by atoms with Crippen molar-refractivity contribution in [2.75, 3.05) is 30.5 Å². The molecule has 1 aromatic rings. The molecule has 1 saturated heterocycles. The van der Waals surface area contributed by atoms with Gasteiger partial charge in [-0.2, -0.15) is 0 Å². The molecule has 1 atom stereocenters. The molecule has 2 N–H and O–H groups in total. The quantitative estimate of drug-likeness (QED) is 0.823. The van der Waals surface area contributed by atoms with E-state index in [1.807, 2.05) is 0 Å². The highest BCUT2D eigenvalue weighted by Gasteiger charge is 2.26. The van der Waals surface area contributed by atoms with E-state index in [2.05, 4.69) is 26.6 Å². The van der Waals surface area contributed by atoms with Gasteiger partial charge < -0.3 is 15.4 Å². The smallest absolute Gasteiger partial charge is 0.226 e. The van der Waals surface area contributed by atoms with E-state index in [4.69, 9.17) is 4.74 Å². The molecule has 8 heteroatoms. The van der Waals surface area contributed by atoms with Crippen molar-refractivity contribution in [2.24, 2.45) is 0 Å². The Morgan fingerprint density at radius 1 is 1.52 bits per heavy atom. The summed E-state index contributed by atoms with van der Waals surface area (Å²) in [7, 11) is -1.49. The fraction of sp³-hybridized carbons (Fsp3) is 0.462. The van der Waals surface area contributed by atoms with Crippen LogP contribution in [0.5, 0.6) is 5.75 Å². The lowest BCUT2D eigenvalue weighted by molar-refractivity contribution is -0.116. The van der Waals surface area contributed by atoms with Gasteiger partial charge in [0.2, 0.25) is 5.91 Å². The lowest BCUT2D eigenvalue weighted by Crippen LogP contribution is -2.46. The molecule has 1 heterocycles. The SMILES string of the molecule is COc1ccc(Br)c(NC(=O)CC2CS(=O)(=O)CCN2)c1. The van der Waals surface area contributed by atoms with Crippen molar-refractivity contribution in [3.63, 3.8) is 0 Å². The molecule has 1 amide bonds. The van der Waals surface area contributed by atoms with Crippen LogP contribution in [0.15, 0.2) is 22.7 Å². The molecule has 0 bridgehead atoms. The fourth-order valence-electron chi connectivity index (χ4n) is 2.15. The number of methoxy groups -OCH3 is 1. The first kappa shape index (κ1) is 16.3. The summed E-state index contributed by atoms with van der Waals surface area (Å²) in [5.74, 6) is 0.525. The molecule has 21 heavy (non-hydrogen) atoms. The summed E-state index contributed by atoms with van der Waals surface area (Å²) in [4.78, 5) is 12.0. The van der Waals surface area contributed by atoms with Crippen molar-refractivity contribution in [3.8, 4) is 5.75 Å². The molecule has 116 valence electrons. The summed E-state index contributed by atoms with van der Waals surface area (Å²) in [5.41, 5.74) is 0.595. The molecule has 1 fully saturated rings. The van der Waals surface area contributed by atoms with E-state index in [-0.39, 0.29) is 29.9 Å². The van der Waals surface area contributed by atoms with E-state index in [0.29, 0.717) is 18.0 Å². The molecule has 0 saturated carbocycles. The molecule has 1 aliphatic heterocycles. The third kappa shape index (κ3) is 4.69. The van der Waals surface area contributed by atoms with Crippen LogP contribution in [0.2, 0.25) is 0 Å². The first-order valence-corrected chi connectivity index (χ1v) is 9.08.